The van der Waals surface area contributed by atoms with E-state index in [1.54, 1.807) is 53.4 Å². The Kier molecular flexibility index (Phi) is 12.5. The standard InChI is InChI=1S/C42H53ClN6O8S/c1-25-34(56-22-37(50)47(2)3)15-16-35(54-5)30-12-9-28(30)20-49-23-42(17-7-8-26-18-29(43)11-13-32(26)42)24-57-36-14-10-27(19-33(36)49)38(51)46-58(53)41(25)44-39(52)31-21-48(4)45-40(31)55-6/h10-11,13-16,18-19,21,25,28,30,34-35,41,58H,7-9,12,17,20,22-24H2,1-6H3,(H,44,52)/b16-15+/t25-,28-,30+,34-,35-,41?,42-/m0/s1. The quantitative estimate of drug-likeness (QED) is 0.250. The molecular weight excluding hydrogens is 784 g/mol. The van der Waals surface area contributed by atoms with Gasteiger partial charge in [0, 0.05) is 69.5 Å². The van der Waals surface area contributed by atoms with Gasteiger partial charge in [0.1, 0.15) is 23.3 Å². The molecule has 2 aromatic carbocycles. The number of hydrogen-bond donors (Lipinski definition) is 2. The molecule has 1 spiro atoms. The number of amides is 3. The van der Waals surface area contributed by atoms with Crippen LogP contribution in [0.3, 0.4) is 0 Å². The van der Waals surface area contributed by atoms with E-state index < -0.39 is 39.8 Å². The summed E-state index contributed by atoms with van der Waals surface area (Å²) < 4.78 is 44.5. The van der Waals surface area contributed by atoms with Crippen molar-refractivity contribution in [1.29, 1.82) is 0 Å². The molecule has 2 bridgehead atoms. The van der Waals surface area contributed by atoms with Gasteiger partial charge in [-0.15, -0.1) is 5.10 Å². The molecule has 3 aromatic rings. The third-order valence-electron chi connectivity index (χ3n) is 12.3. The Morgan fingerprint density at radius 1 is 1.12 bits per heavy atom. The van der Waals surface area contributed by atoms with Crippen molar-refractivity contribution in [1.82, 2.24) is 20.0 Å². The fourth-order valence-corrected chi connectivity index (χ4v) is 10.3. The average molecular weight is 837 g/mol. The lowest BCUT2D eigenvalue weighted by atomic mass is 9.68. The molecule has 312 valence electrons. The molecule has 16 heteroatoms. The van der Waals surface area contributed by atoms with Crippen LogP contribution in [0.15, 0.2) is 59.1 Å². The van der Waals surface area contributed by atoms with E-state index in [9.17, 15) is 18.6 Å². The monoisotopic (exact) mass is 836 g/mol. The number of anilines is 1. The smallest absolute Gasteiger partial charge is 0.285 e. The normalized spacial score (nSPS) is 29.1. The highest BCUT2D eigenvalue weighted by Crippen LogP contribution is 2.47. The summed E-state index contributed by atoms with van der Waals surface area (Å²) in [6.45, 7) is 3.29. The van der Waals surface area contributed by atoms with Gasteiger partial charge in [0.15, 0.2) is 0 Å². The van der Waals surface area contributed by atoms with E-state index in [1.165, 1.54) is 34.0 Å². The Morgan fingerprint density at radius 3 is 2.64 bits per heavy atom. The van der Waals surface area contributed by atoms with Crippen LogP contribution in [-0.4, -0.2) is 109 Å². The van der Waals surface area contributed by atoms with Crippen molar-refractivity contribution in [2.24, 2.45) is 29.2 Å². The van der Waals surface area contributed by atoms with Crippen molar-refractivity contribution in [3.8, 4) is 11.6 Å². The number of halogens is 1. The van der Waals surface area contributed by atoms with Crippen molar-refractivity contribution in [2.75, 3.05) is 59.5 Å². The van der Waals surface area contributed by atoms with Gasteiger partial charge in [-0.1, -0.05) is 36.7 Å². The molecule has 2 unspecified atom stereocenters. The molecule has 3 amide bonds. The number of fused-ring (bicyclic) bond motifs is 4. The summed E-state index contributed by atoms with van der Waals surface area (Å²) in [6, 6.07) is 11.4. The predicted molar refractivity (Wildman–Crippen MR) is 221 cm³/mol. The van der Waals surface area contributed by atoms with Crippen LogP contribution in [-0.2, 0) is 43.7 Å². The van der Waals surface area contributed by atoms with Gasteiger partial charge in [-0.3, -0.25) is 23.3 Å². The van der Waals surface area contributed by atoms with E-state index in [-0.39, 0.29) is 52.9 Å². The van der Waals surface area contributed by atoms with Crippen LogP contribution in [0, 0.1) is 17.8 Å². The summed E-state index contributed by atoms with van der Waals surface area (Å²) in [4.78, 5) is 44.5. The molecule has 0 saturated heterocycles. The number of ether oxygens (including phenoxy) is 4. The first kappa shape index (κ1) is 41.7. The molecule has 2 aliphatic heterocycles. The minimum Gasteiger partial charge on any atom is -0.490 e. The first-order chi connectivity index (χ1) is 27.8. The fraction of sp³-hybridized carbons (Fsp3) is 0.524. The number of nitrogens with one attached hydrogen (secondary N) is 1. The van der Waals surface area contributed by atoms with Crippen molar-refractivity contribution < 1.29 is 37.5 Å². The van der Waals surface area contributed by atoms with Gasteiger partial charge in [0.2, 0.25) is 11.8 Å². The molecule has 14 nitrogen and oxygen atoms in total. The maximum absolute atomic E-state index is 14.4. The van der Waals surface area contributed by atoms with Gasteiger partial charge in [-0.2, -0.15) is 4.36 Å². The number of benzene rings is 2. The zero-order chi connectivity index (χ0) is 41.3. The van der Waals surface area contributed by atoms with Crippen LogP contribution in [0.4, 0.5) is 5.69 Å². The van der Waals surface area contributed by atoms with Crippen molar-refractivity contribution in [3.63, 3.8) is 0 Å². The number of carbonyl (C=O) groups excluding carboxylic acids is 3. The third kappa shape index (κ3) is 8.50. The summed E-state index contributed by atoms with van der Waals surface area (Å²) in [6.07, 6.45) is 8.89. The second-order valence-corrected chi connectivity index (χ2v) is 17.9. The predicted octanol–water partition coefficient (Wildman–Crippen LogP) is 4.84. The van der Waals surface area contributed by atoms with Crippen LogP contribution in [0.2, 0.25) is 5.02 Å². The first-order valence-corrected chi connectivity index (χ1v) is 21.4. The molecule has 0 radical (unpaired) electrons. The minimum absolute atomic E-state index is 0.0745. The molecular formula is C42H53ClN6O8S. The Hall–Kier alpha value is -4.44. The Labute approximate surface area is 346 Å². The summed E-state index contributed by atoms with van der Waals surface area (Å²) in [5.74, 6) is -1.22. The number of rotatable bonds is 7. The number of thiol groups is 1. The van der Waals surface area contributed by atoms with Crippen molar-refractivity contribution in [3.05, 3.63) is 82.0 Å². The Balaban J connectivity index is 1.32. The molecule has 1 saturated carbocycles. The number of methoxy groups -OCH3 is 2. The molecule has 8 atom stereocenters. The summed E-state index contributed by atoms with van der Waals surface area (Å²) in [5.41, 5.74) is 3.27. The van der Waals surface area contributed by atoms with Crippen LogP contribution in [0.25, 0.3) is 0 Å². The second kappa shape index (κ2) is 17.4. The highest BCUT2D eigenvalue weighted by atomic mass is 35.5. The second-order valence-electron chi connectivity index (χ2n) is 16.1. The molecule has 1 aromatic heterocycles. The van der Waals surface area contributed by atoms with E-state index in [0.717, 1.165) is 37.8 Å². The van der Waals surface area contributed by atoms with Crippen LogP contribution < -0.4 is 19.7 Å². The van der Waals surface area contributed by atoms with Crippen LogP contribution in [0.5, 0.6) is 11.6 Å². The molecule has 3 heterocycles. The summed E-state index contributed by atoms with van der Waals surface area (Å²) >= 11 is 6.48. The molecule has 1 fully saturated rings. The lowest BCUT2D eigenvalue weighted by molar-refractivity contribution is -0.135. The number of aryl methyl sites for hydroxylation is 2. The van der Waals surface area contributed by atoms with E-state index in [0.29, 0.717) is 30.5 Å². The number of likely N-dealkylation sites (N-methyl/N-ethyl adjacent to an activating group) is 1. The third-order valence-corrected chi connectivity index (χ3v) is 13.9. The summed E-state index contributed by atoms with van der Waals surface area (Å²) in [7, 11) is 5.17. The van der Waals surface area contributed by atoms with Crippen LogP contribution in [0.1, 0.15) is 64.4 Å². The number of nitrogens with zero attached hydrogens (tertiary/aromatic N) is 5. The SMILES string of the molecule is COc1nn(C)cc1C(=O)NC1[C@@H](C)[C@@H](OCC(=O)N(C)C)/C=C/[C@H](OC)[C@@H]2CC[C@H]2CN2C[C@@]3(CCCc4cc(Cl)ccc43)COc3ccc(cc32)C(=O)/N=[SH]\1=O. The highest BCUT2D eigenvalue weighted by molar-refractivity contribution is 7.76. The minimum atomic E-state index is -2.82. The number of carbonyl (C=O) groups is 3. The van der Waals surface area contributed by atoms with Crippen molar-refractivity contribution >= 4 is 45.6 Å². The van der Waals surface area contributed by atoms with Crippen LogP contribution >= 0.6 is 11.6 Å². The zero-order valence-corrected chi connectivity index (χ0v) is 35.5. The molecule has 7 rings (SSSR count). The molecule has 58 heavy (non-hydrogen) atoms. The summed E-state index contributed by atoms with van der Waals surface area (Å²) in [5, 5.41) is 6.54. The molecule has 1 N–H and O–H groups in total. The highest BCUT2D eigenvalue weighted by Gasteiger charge is 2.45. The fourth-order valence-electron chi connectivity index (χ4n) is 8.84. The Bertz CT molecular complexity index is 2170. The van der Waals surface area contributed by atoms with Gasteiger partial charge in [-0.25, -0.2) is 0 Å². The number of hydrogen-bond acceptors (Lipinski definition) is 10. The van der Waals surface area contributed by atoms with E-state index in [2.05, 4.69) is 31.8 Å². The van der Waals surface area contributed by atoms with Gasteiger partial charge < -0.3 is 34.1 Å². The maximum Gasteiger partial charge on any atom is 0.285 e. The lowest BCUT2D eigenvalue weighted by Gasteiger charge is -2.46. The lowest BCUT2D eigenvalue weighted by Crippen LogP contribution is -2.49. The molecule has 2 aliphatic carbocycles. The Morgan fingerprint density at radius 2 is 1.91 bits per heavy atom. The topological polar surface area (TPSA) is 154 Å². The average Bonchev–Trinajstić information content (AvgIpc) is 3.51. The van der Waals surface area contributed by atoms with Crippen molar-refractivity contribution in [2.45, 2.75) is 62.0 Å². The van der Waals surface area contributed by atoms with Gasteiger partial charge >= 0.3 is 0 Å². The van der Waals surface area contributed by atoms with E-state index >= 15 is 0 Å². The largest absolute Gasteiger partial charge is 0.490 e. The molecule has 4 aliphatic rings. The van der Waals surface area contributed by atoms with Gasteiger partial charge in [0.05, 0.1) is 42.2 Å². The number of aromatic nitrogens is 2. The van der Waals surface area contributed by atoms with E-state index in [1.807, 2.05) is 18.2 Å². The zero-order valence-electron chi connectivity index (χ0n) is 33.9. The maximum atomic E-state index is 14.4. The first-order valence-electron chi connectivity index (χ1n) is 19.7. The van der Waals surface area contributed by atoms with E-state index in [4.69, 9.17) is 30.5 Å². The van der Waals surface area contributed by atoms with Gasteiger partial charge in [-0.05, 0) is 85.4 Å². The van der Waals surface area contributed by atoms with Gasteiger partial charge in [0.25, 0.3) is 11.8 Å².